The Bertz CT molecular complexity index is 1140. The summed E-state index contributed by atoms with van der Waals surface area (Å²) in [6, 6.07) is 12.4. The van der Waals surface area contributed by atoms with E-state index in [0.29, 0.717) is 24.4 Å². The Morgan fingerprint density at radius 1 is 1.14 bits per heavy atom. The van der Waals surface area contributed by atoms with Crippen molar-refractivity contribution in [3.63, 3.8) is 0 Å². The molecule has 8 nitrogen and oxygen atoms in total. The van der Waals surface area contributed by atoms with E-state index in [9.17, 15) is 13.2 Å². The number of hydrogen-bond acceptors (Lipinski definition) is 7. The van der Waals surface area contributed by atoms with Gasteiger partial charge in [0.1, 0.15) is 0 Å². The molecule has 1 aliphatic rings. The molecule has 2 heterocycles. The van der Waals surface area contributed by atoms with Crippen LogP contribution < -0.4 is 9.62 Å². The highest BCUT2D eigenvalue weighted by molar-refractivity contribution is 7.89. The van der Waals surface area contributed by atoms with E-state index >= 15 is 0 Å². The van der Waals surface area contributed by atoms with E-state index < -0.39 is 16.0 Å². The number of carbonyl (C=O) groups excluding carboxylic acids is 1. The van der Waals surface area contributed by atoms with Crippen molar-refractivity contribution in [1.29, 1.82) is 0 Å². The molecular weight excluding hydrogens is 392 g/mol. The largest absolute Gasteiger partial charge is 0.462 e. The summed E-state index contributed by atoms with van der Waals surface area (Å²) in [5.74, 6) is -0.0259. The van der Waals surface area contributed by atoms with Gasteiger partial charge in [0.05, 0.1) is 23.1 Å². The van der Waals surface area contributed by atoms with Gasteiger partial charge < -0.3 is 9.64 Å². The third-order valence-electron chi connectivity index (χ3n) is 4.67. The lowest BCUT2D eigenvalue weighted by atomic mass is 10.1. The zero-order chi connectivity index (χ0) is 20.4. The van der Waals surface area contributed by atoms with Crippen LogP contribution >= 0.6 is 0 Å². The molecule has 150 valence electrons. The maximum atomic E-state index is 12.9. The third-order valence-corrected chi connectivity index (χ3v) is 6.25. The number of carbonyl (C=O) groups is 1. The van der Waals surface area contributed by atoms with Crippen LogP contribution in [-0.2, 0) is 14.8 Å². The second-order valence-electron chi connectivity index (χ2n) is 6.69. The Morgan fingerprint density at radius 2 is 1.83 bits per heavy atom. The highest BCUT2D eigenvalue weighted by Crippen LogP contribution is 2.24. The summed E-state index contributed by atoms with van der Waals surface area (Å²) in [5.41, 5.74) is 0.282. The van der Waals surface area contributed by atoms with Crippen molar-refractivity contribution in [3.8, 4) is 0 Å². The number of aromatic nitrogens is 2. The van der Waals surface area contributed by atoms with Crippen LogP contribution in [0.1, 0.15) is 17.3 Å². The summed E-state index contributed by atoms with van der Waals surface area (Å²) < 4.78 is 33.4. The molecule has 1 aromatic heterocycles. The van der Waals surface area contributed by atoms with E-state index in [0.717, 1.165) is 5.39 Å². The minimum Gasteiger partial charge on any atom is -0.462 e. The van der Waals surface area contributed by atoms with Crippen LogP contribution in [0.15, 0.2) is 59.8 Å². The Balaban J connectivity index is 1.42. The first-order valence-electron chi connectivity index (χ1n) is 9.22. The first kappa shape index (κ1) is 19.3. The maximum Gasteiger partial charge on any atom is 0.341 e. The summed E-state index contributed by atoms with van der Waals surface area (Å²) in [6.07, 6.45) is 2.82. The van der Waals surface area contributed by atoms with Gasteiger partial charge in [0.25, 0.3) is 0 Å². The van der Waals surface area contributed by atoms with Gasteiger partial charge in [-0.3, -0.25) is 0 Å². The highest BCUT2D eigenvalue weighted by Gasteiger charge is 2.33. The van der Waals surface area contributed by atoms with Crippen LogP contribution in [0.5, 0.6) is 0 Å². The van der Waals surface area contributed by atoms with E-state index in [-0.39, 0.29) is 23.1 Å². The normalized spacial score (nSPS) is 14.6. The van der Waals surface area contributed by atoms with Gasteiger partial charge in [-0.15, -0.1) is 0 Å². The maximum absolute atomic E-state index is 12.9. The lowest BCUT2D eigenvalue weighted by Crippen LogP contribution is -2.59. The number of nitrogens with one attached hydrogen (secondary N) is 1. The molecule has 1 aliphatic heterocycles. The third kappa shape index (κ3) is 3.92. The van der Waals surface area contributed by atoms with E-state index in [1.807, 2.05) is 29.2 Å². The van der Waals surface area contributed by atoms with Crippen LogP contribution in [-0.4, -0.2) is 50.1 Å². The van der Waals surface area contributed by atoms with Gasteiger partial charge in [0.2, 0.25) is 16.0 Å². The molecule has 2 aromatic carbocycles. The molecular formula is C20H20N4O4S. The fourth-order valence-electron chi connectivity index (χ4n) is 3.23. The van der Waals surface area contributed by atoms with E-state index in [1.165, 1.54) is 12.4 Å². The number of sulfonamides is 1. The molecule has 4 rings (SSSR count). The van der Waals surface area contributed by atoms with Crippen LogP contribution in [0, 0.1) is 0 Å². The predicted octanol–water partition coefficient (Wildman–Crippen LogP) is 1.97. The monoisotopic (exact) mass is 412 g/mol. The summed E-state index contributed by atoms with van der Waals surface area (Å²) in [5, 5.41) is 1.57. The second-order valence-corrected chi connectivity index (χ2v) is 8.38. The van der Waals surface area contributed by atoms with E-state index in [2.05, 4.69) is 14.7 Å². The van der Waals surface area contributed by atoms with Gasteiger partial charge in [0.15, 0.2) is 0 Å². The first-order chi connectivity index (χ1) is 14.0. The number of esters is 1. The second kappa shape index (κ2) is 7.76. The average Bonchev–Trinajstić information content (AvgIpc) is 2.70. The zero-order valence-corrected chi connectivity index (χ0v) is 16.6. The van der Waals surface area contributed by atoms with E-state index in [1.54, 1.807) is 25.1 Å². The van der Waals surface area contributed by atoms with Crippen LogP contribution in [0.25, 0.3) is 10.8 Å². The topological polar surface area (TPSA) is 101 Å². The molecule has 0 aliphatic carbocycles. The minimum atomic E-state index is -3.66. The van der Waals surface area contributed by atoms with Gasteiger partial charge in [-0.1, -0.05) is 36.4 Å². The predicted molar refractivity (Wildman–Crippen MR) is 108 cm³/mol. The van der Waals surface area contributed by atoms with Crippen molar-refractivity contribution in [2.45, 2.75) is 17.9 Å². The SMILES string of the molecule is CCOC(=O)c1cnc(N2CC(NS(=O)(=O)c3cccc4ccccc34)C2)nc1. The summed E-state index contributed by atoms with van der Waals surface area (Å²) in [6.45, 7) is 2.91. The summed E-state index contributed by atoms with van der Waals surface area (Å²) in [7, 11) is -3.66. The molecule has 1 N–H and O–H groups in total. The van der Waals surface area contributed by atoms with E-state index in [4.69, 9.17) is 4.74 Å². The van der Waals surface area contributed by atoms with Gasteiger partial charge in [-0.25, -0.2) is 27.9 Å². The number of hydrogen-bond donors (Lipinski definition) is 1. The zero-order valence-electron chi connectivity index (χ0n) is 15.8. The molecule has 0 amide bonds. The van der Waals surface area contributed by atoms with Gasteiger partial charge in [-0.05, 0) is 18.4 Å². The molecule has 0 atom stereocenters. The molecule has 0 bridgehead atoms. The molecule has 0 saturated carbocycles. The average molecular weight is 412 g/mol. The lowest BCUT2D eigenvalue weighted by Gasteiger charge is -2.39. The molecule has 29 heavy (non-hydrogen) atoms. The minimum absolute atomic E-state index is 0.243. The first-order valence-corrected chi connectivity index (χ1v) is 10.7. The Morgan fingerprint density at radius 3 is 2.55 bits per heavy atom. The van der Waals surface area contributed by atoms with Crippen LogP contribution in [0.2, 0.25) is 0 Å². The standard InChI is InChI=1S/C20H20N4O4S/c1-2-28-19(25)15-10-21-20(22-11-15)24-12-16(13-24)23-29(26,27)18-9-5-7-14-6-3-4-8-17(14)18/h3-11,16,23H,2,12-13H2,1H3. The number of benzene rings is 2. The number of nitrogens with zero attached hydrogens (tertiary/aromatic N) is 3. The van der Waals surface area contributed by atoms with Crippen molar-refractivity contribution >= 4 is 32.7 Å². The number of anilines is 1. The lowest BCUT2D eigenvalue weighted by molar-refractivity contribution is 0.0525. The van der Waals surface area contributed by atoms with Crippen molar-refractivity contribution < 1.29 is 17.9 Å². The Hall–Kier alpha value is -3.04. The van der Waals surface area contributed by atoms with Crippen LogP contribution in [0.3, 0.4) is 0 Å². The number of fused-ring (bicyclic) bond motifs is 1. The number of rotatable bonds is 6. The van der Waals surface area contributed by atoms with Gasteiger partial charge >= 0.3 is 5.97 Å². The van der Waals surface area contributed by atoms with Crippen molar-refractivity contribution in [3.05, 3.63) is 60.4 Å². The summed E-state index contributed by atoms with van der Waals surface area (Å²) in [4.78, 5) is 22.1. The molecule has 0 radical (unpaired) electrons. The number of ether oxygens (including phenoxy) is 1. The quantitative estimate of drug-likeness (QED) is 0.618. The molecule has 1 saturated heterocycles. The molecule has 0 unspecified atom stereocenters. The van der Waals surface area contributed by atoms with Crippen molar-refractivity contribution in [1.82, 2.24) is 14.7 Å². The van der Waals surface area contributed by atoms with Crippen LogP contribution in [0.4, 0.5) is 5.95 Å². The van der Waals surface area contributed by atoms with Crippen molar-refractivity contribution in [2.24, 2.45) is 0 Å². The molecule has 9 heteroatoms. The molecule has 0 spiro atoms. The molecule has 1 fully saturated rings. The van der Waals surface area contributed by atoms with Gasteiger partial charge in [0, 0.05) is 30.9 Å². The fourth-order valence-corrected chi connectivity index (χ4v) is 4.68. The highest BCUT2D eigenvalue weighted by atomic mass is 32.2. The smallest absolute Gasteiger partial charge is 0.341 e. The Labute approximate surface area is 168 Å². The Kier molecular flexibility index (Phi) is 5.16. The van der Waals surface area contributed by atoms with Crippen molar-refractivity contribution in [2.75, 3.05) is 24.6 Å². The molecule has 3 aromatic rings. The van der Waals surface area contributed by atoms with Gasteiger partial charge in [-0.2, -0.15) is 0 Å². The fraction of sp³-hybridized carbons (Fsp3) is 0.250. The summed E-state index contributed by atoms with van der Waals surface area (Å²) >= 11 is 0.